The van der Waals surface area contributed by atoms with Gasteiger partial charge in [0.05, 0.1) is 7.11 Å². The maximum atomic E-state index is 14.1. The van der Waals surface area contributed by atoms with Gasteiger partial charge in [0.2, 0.25) is 0 Å². The molecule has 7 heteroatoms. The van der Waals surface area contributed by atoms with Gasteiger partial charge >= 0.3 is 5.97 Å². The van der Waals surface area contributed by atoms with E-state index in [0.29, 0.717) is 0 Å². The molecule has 2 rings (SSSR count). The van der Waals surface area contributed by atoms with Gasteiger partial charge in [0.15, 0.2) is 11.6 Å². The normalized spacial score (nSPS) is 10.7. The van der Waals surface area contributed by atoms with Gasteiger partial charge in [0.25, 0.3) is 0 Å². The Hall–Kier alpha value is -3.31. The van der Waals surface area contributed by atoms with Crippen LogP contribution in [0.3, 0.4) is 0 Å². The number of azide groups is 1. The number of hydrogen-bond acceptors (Lipinski definition) is 4. The van der Waals surface area contributed by atoms with Crippen molar-refractivity contribution in [2.75, 3.05) is 7.11 Å². The molecule has 2 aromatic rings. The molecule has 0 saturated carbocycles. The number of para-hydroxylation sites is 1. The monoisotopic (exact) mass is 327 g/mol. The van der Waals surface area contributed by atoms with Crippen LogP contribution in [0, 0.1) is 5.82 Å². The molecule has 0 aliphatic rings. The predicted molar refractivity (Wildman–Crippen MR) is 86.3 cm³/mol. The van der Waals surface area contributed by atoms with Crippen LogP contribution in [0.25, 0.3) is 16.5 Å². The van der Waals surface area contributed by atoms with E-state index in [2.05, 4.69) is 14.8 Å². The minimum atomic E-state index is -0.828. The zero-order valence-corrected chi connectivity index (χ0v) is 12.8. The molecule has 0 fully saturated rings. The summed E-state index contributed by atoms with van der Waals surface area (Å²) in [5, 5.41) is 3.27. The van der Waals surface area contributed by atoms with Crippen LogP contribution in [0.5, 0.6) is 5.75 Å². The molecule has 0 spiro atoms. The van der Waals surface area contributed by atoms with Gasteiger partial charge in [0.1, 0.15) is 12.3 Å². The van der Waals surface area contributed by atoms with Crippen LogP contribution in [0.2, 0.25) is 0 Å². The van der Waals surface area contributed by atoms with Crippen LogP contribution in [-0.4, -0.2) is 13.1 Å². The Morgan fingerprint density at radius 2 is 2.00 bits per heavy atom. The highest BCUT2D eigenvalue weighted by Crippen LogP contribution is 2.26. The molecule has 0 heterocycles. The van der Waals surface area contributed by atoms with Crippen LogP contribution in [-0.2, 0) is 16.1 Å². The molecule has 0 amide bonds. The van der Waals surface area contributed by atoms with Crippen molar-refractivity contribution < 1.29 is 18.7 Å². The molecule has 0 N–H and O–H groups in total. The quantitative estimate of drug-likeness (QED) is 0.262. The van der Waals surface area contributed by atoms with Crippen LogP contribution in [0.1, 0.15) is 11.1 Å². The van der Waals surface area contributed by atoms with Gasteiger partial charge in [-0.3, -0.25) is 0 Å². The lowest BCUT2D eigenvalue weighted by molar-refractivity contribution is -0.136. The molecular formula is C17H14FN3O3. The molecule has 6 nitrogen and oxygen atoms in total. The van der Waals surface area contributed by atoms with Gasteiger partial charge in [0, 0.05) is 10.5 Å². The third-order valence-corrected chi connectivity index (χ3v) is 3.06. The molecule has 0 bridgehead atoms. The van der Waals surface area contributed by atoms with Crippen molar-refractivity contribution in [3.05, 3.63) is 81.6 Å². The van der Waals surface area contributed by atoms with Crippen molar-refractivity contribution >= 4 is 12.0 Å². The Kier molecular flexibility index (Phi) is 5.94. The number of carbonyl (C=O) groups is 1. The fourth-order valence-corrected chi connectivity index (χ4v) is 1.95. The Morgan fingerprint density at radius 1 is 1.25 bits per heavy atom. The molecule has 122 valence electrons. The number of esters is 1. The van der Waals surface area contributed by atoms with E-state index in [9.17, 15) is 9.18 Å². The number of halogens is 1. The van der Waals surface area contributed by atoms with E-state index >= 15 is 0 Å². The maximum Gasteiger partial charge on any atom is 0.340 e. The first kappa shape index (κ1) is 17.1. The Labute approximate surface area is 137 Å². The molecule has 0 atom stereocenters. The van der Waals surface area contributed by atoms with Crippen LogP contribution >= 0.6 is 0 Å². The molecular weight excluding hydrogens is 313 g/mol. The van der Waals surface area contributed by atoms with Crippen molar-refractivity contribution in [2.45, 2.75) is 6.61 Å². The zero-order valence-electron chi connectivity index (χ0n) is 12.8. The fraction of sp³-hybridized carbons (Fsp3) is 0.118. The van der Waals surface area contributed by atoms with E-state index in [4.69, 9.17) is 10.3 Å². The van der Waals surface area contributed by atoms with Gasteiger partial charge in [-0.05, 0) is 23.2 Å². The van der Waals surface area contributed by atoms with E-state index < -0.39 is 11.8 Å². The summed E-state index contributed by atoms with van der Waals surface area (Å²) >= 11 is 0. The SMILES string of the molecule is COC(=O)C(=Cc1cccc(F)c1OCc1ccccc1)N=[N+]=[N-]. The summed E-state index contributed by atoms with van der Waals surface area (Å²) in [4.78, 5) is 14.2. The van der Waals surface area contributed by atoms with Crippen LogP contribution in [0.15, 0.2) is 59.3 Å². The first-order chi connectivity index (χ1) is 11.7. The van der Waals surface area contributed by atoms with Crippen molar-refractivity contribution in [3.8, 4) is 5.75 Å². The molecule has 0 saturated heterocycles. The van der Waals surface area contributed by atoms with Crippen LogP contribution in [0.4, 0.5) is 4.39 Å². The second kappa shape index (κ2) is 8.36. The summed E-state index contributed by atoms with van der Waals surface area (Å²) in [6.07, 6.45) is 1.22. The van der Waals surface area contributed by atoms with Crippen molar-refractivity contribution in [2.24, 2.45) is 5.11 Å². The summed E-state index contributed by atoms with van der Waals surface area (Å²) in [6.45, 7) is 0.150. The lowest BCUT2D eigenvalue weighted by Gasteiger charge is -2.11. The highest BCUT2D eigenvalue weighted by Gasteiger charge is 2.13. The van der Waals surface area contributed by atoms with Crippen molar-refractivity contribution in [3.63, 3.8) is 0 Å². The third-order valence-electron chi connectivity index (χ3n) is 3.06. The Bertz CT molecular complexity index is 800. The highest BCUT2D eigenvalue weighted by molar-refractivity contribution is 5.93. The van der Waals surface area contributed by atoms with E-state index in [0.717, 1.165) is 12.7 Å². The number of hydrogen-bond donors (Lipinski definition) is 0. The predicted octanol–water partition coefficient (Wildman–Crippen LogP) is 4.23. The lowest BCUT2D eigenvalue weighted by atomic mass is 10.1. The second-order valence-electron chi connectivity index (χ2n) is 4.64. The summed E-state index contributed by atoms with van der Waals surface area (Å²) < 4.78 is 24.2. The smallest absolute Gasteiger partial charge is 0.340 e. The van der Waals surface area contributed by atoms with Gasteiger partial charge in [-0.1, -0.05) is 47.6 Å². The molecule has 0 unspecified atom stereocenters. The molecule has 0 aromatic heterocycles. The minimum absolute atomic E-state index is 0.0455. The number of rotatable bonds is 6. The average Bonchev–Trinajstić information content (AvgIpc) is 2.61. The number of carbonyl (C=O) groups excluding carboxylic acids is 1. The standard InChI is InChI=1S/C17H14FN3O3/c1-23-17(22)15(20-21-19)10-13-8-5-9-14(18)16(13)24-11-12-6-3-2-4-7-12/h2-10H,11H2,1H3. The van der Waals surface area contributed by atoms with Gasteiger partial charge < -0.3 is 9.47 Å². The second-order valence-corrected chi connectivity index (χ2v) is 4.64. The highest BCUT2D eigenvalue weighted by atomic mass is 19.1. The lowest BCUT2D eigenvalue weighted by Crippen LogP contribution is -2.03. The molecule has 0 radical (unpaired) electrons. The number of ether oxygens (including phenoxy) is 2. The number of nitrogens with zero attached hydrogens (tertiary/aromatic N) is 3. The molecule has 2 aromatic carbocycles. The average molecular weight is 327 g/mol. The summed E-state index contributed by atoms with van der Waals surface area (Å²) in [5.41, 5.74) is 9.37. The van der Waals surface area contributed by atoms with E-state index in [1.807, 2.05) is 30.3 Å². The summed E-state index contributed by atoms with van der Waals surface area (Å²) in [5.74, 6) is -1.47. The van der Waals surface area contributed by atoms with E-state index in [1.165, 1.54) is 18.2 Å². The minimum Gasteiger partial charge on any atom is -0.485 e. The first-order valence-corrected chi connectivity index (χ1v) is 6.96. The number of methoxy groups -OCH3 is 1. The fourth-order valence-electron chi connectivity index (χ4n) is 1.95. The zero-order chi connectivity index (χ0) is 17.4. The van der Waals surface area contributed by atoms with E-state index in [-0.39, 0.29) is 23.6 Å². The Morgan fingerprint density at radius 3 is 2.67 bits per heavy atom. The maximum absolute atomic E-state index is 14.1. The Balaban J connectivity index is 2.35. The van der Waals surface area contributed by atoms with Gasteiger partial charge in [-0.2, -0.15) is 0 Å². The largest absolute Gasteiger partial charge is 0.485 e. The van der Waals surface area contributed by atoms with E-state index in [1.54, 1.807) is 6.07 Å². The van der Waals surface area contributed by atoms with Gasteiger partial charge in [-0.25, -0.2) is 9.18 Å². The number of benzene rings is 2. The molecule has 0 aliphatic heterocycles. The van der Waals surface area contributed by atoms with Gasteiger partial charge in [-0.15, -0.1) is 0 Å². The molecule has 24 heavy (non-hydrogen) atoms. The third kappa shape index (κ3) is 4.34. The van der Waals surface area contributed by atoms with Crippen molar-refractivity contribution in [1.29, 1.82) is 0 Å². The summed E-state index contributed by atoms with van der Waals surface area (Å²) in [6, 6.07) is 13.5. The first-order valence-electron chi connectivity index (χ1n) is 6.96. The topological polar surface area (TPSA) is 84.3 Å². The molecule has 0 aliphatic carbocycles. The summed E-state index contributed by atoms with van der Waals surface area (Å²) in [7, 11) is 1.15. The van der Waals surface area contributed by atoms with Crippen LogP contribution < -0.4 is 4.74 Å². The van der Waals surface area contributed by atoms with Crippen molar-refractivity contribution in [1.82, 2.24) is 0 Å².